The predicted molar refractivity (Wildman–Crippen MR) is 76.6 cm³/mol. The molecule has 1 aliphatic rings. The minimum atomic E-state index is 0.530. The van der Waals surface area contributed by atoms with Crippen molar-refractivity contribution in [2.24, 2.45) is 5.92 Å². The van der Waals surface area contributed by atoms with Crippen molar-refractivity contribution in [3.8, 4) is 0 Å². The van der Waals surface area contributed by atoms with Crippen LogP contribution >= 0.6 is 27.5 Å². The number of hydrogen-bond acceptors (Lipinski definition) is 2. The molecule has 0 saturated heterocycles. The van der Waals surface area contributed by atoms with Crippen LogP contribution in [-0.4, -0.2) is 11.0 Å². The topological polar surface area (TPSA) is 24.9 Å². The monoisotopic (exact) mass is 316 g/mol. The SMILES string of the molecule is CC1CCCCCC1Nc1ncc(Cl)cc1Br. The molecule has 1 fully saturated rings. The van der Waals surface area contributed by atoms with E-state index in [4.69, 9.17) is 11.6 Å². The molecule has 0 radical (unpaired) electrons. The molecule has 1 saturated carbocycles. The average Bonchev–Trinajstić information content (AvgIpc) is 2.48. The zero-order valence-electron chi connectivity index (χ0n) is 10.0. The maximum atomic E-state index is 5.89. The van der Waals surface area contributed by atoms with Gasteiger partial charge in [-0.1, -0.05) is 37.8 Å². The maximum Gasteiger partial charge on any atom is 0.140 e. The van der Waals surface area contributed by atoms with Gasteiger partial charge in [0.05, 0.1) is 9.50 Å². The molecule has 2 unspecified atom stereocenters. The minimum Gasteiger partial charge on any atom is -0.366 e. The van der Waals surface area contributed by atoms with Crippen LogP contribution < -0.4 is 5.32 Å². The molecule has 0 spiro atoms. The van der Waals surface area contributed by atoms with E-state index in [1.165, 1.54) is 32.1 Å². The summed E-state index contributed by atoms with van der Waals surface area (Å²) in [4.78, 5) is 4.35. The highest BCUT2D eigenvalue weighted by molar-refractivity contribution is 9.10. The fourth-order valence-electron chi connectivity index (χ4n) is 2.40. The van der Waals surface area contributed by atoms with Gasteiger partial charge in [0.2, 0.25) is 0 Å². The second-order valence-electron chi connectivity index (χ2n) is 4.85. The van der Waals surface area contributed by atoms with Crippen molar-refractivity contribution in [3.05, 3.63) is 21.8 Å². The van der Waals surface area contributed by atoms with E-state index in [9.17, 15) is 0 Å². The van der Waals surface area contributed by atoms with Crippen molar-refractivity contribution < 1.29 is 0 Å². The molecule has 2 nitrogen and oxygen atoms in total. The van der Waals surface area contributed by atoms with Gasteiger partial charge < -0.3 is 5.32 Å². The third kappa shape index (κ3) is 3.59. The van der Waals surface area contributed by atoms with Gasteiger partial charge >= 0.3 is 0 Å². The number of aromatic nitrogens is 1. The van der Waals surface area contributed by atoms with Crippen LogP contribution in [0.25, 0.3) is 0 Å². The molecule has 0 aliphatic heterocycles. The lowest BCUT2D eigenvalue weighted by atomic mass is 9.97. The molecule has 1 aromatic heterocycles. The Labute approximate surface area is 116 Å². The lowest BCUT2D eigenvalue weighted by Crippen LogP contribution is -2.26. The summed E-state index contributed by atoms with van der Waals surface area (Å²) in [5.74, 6) is 1.62. The van der Waals surface area contributed by atoms with Gasteiger partial charge in [0.1, 0.15) is 5.82 Å². The van der Waals surface area contributed by atoms with E-state index in [-0.39, 0.29) is 0 Å². The Kier molecular flexibility index (Phi) is 4.69. The Balaban J connectivity index is 2.08. The summed E-state index contributed by atoms with van der Waals surface area (Å²) < 4.78 is 0.946. The maximum absolute atomic E-state index is 5.89. The molecule has 0 amide bonds. The van der Waals surface area contributed by atoms with Gasteiger partial charge in [-0.15, -0.1) is 0 Å². The molecular weight excluding hydrogens is 300 g/mol. The molecule has 94 valence electrons. The first kappa shape index (κ1) is 13.2. The van der Waals surface area contributed by atoms with Crippen LogP contribution in [0.4, 0.5) is 5.82 Å². The first-order valence-electron chi connectivity index (χ1n) is 6.24. The normalized spacial score (nSPS) is 25.4. The summed E-state index contributed by atoms with van der Waals surface area (Å²) in [6.45, 7) is 2.33. The van der Waals surface area contributed by atoms with Crippen LogP contribution in [0.5, 0.6) is 0 Å². The molecule has 17 heavy (non-hydrogen) atoms. The van der Waals surface area contributed by atoms with Crippen molar-refractivity contribution in [1.82, 2.24) is 4.98 Å². The van der Waals surface area contributed by atoms with E-state index >= 15 is 0 Å². The Morgan fingerprint density at radius 3 is 2.88 bits per heavy atom. The number of hydrogen-bond donors (Lipinski definition) is 1. The third-order valence-corrected chi connectivity index (χ3v) is 4.30. The van der Waals surface area contributed by atoms with Crippen molar-refractivity contribution in [2.75, 3.05) is 5.32 Å². The van der Waals surface area contributed by atoms with Gasteiger partial charge in [0, 0.05) is 12.2 Å². The Morgan fingerprint density at radius 2 is 2.12 bits per heavy atom. The predicted octanol–water partition coefficient (Wildman–Crippen LogP) is 4.88. The summed E-state index contributed by atoms with van der Waals surface area (Å²) in [5, 5.41) is 4.21. The van der Waals surface area contributed by atoms with E-state index < -0.39 is 0 Å². The number of halogens is 2. The van der Waals surface area contributed by atoms with E-state index in [0.717, 1.165) is 10.3 Å². The Bertz CT molecular complexity index is 384. The van der Waals surface area contributed by atoms with Gasteiger partial charge in [0.15, 0.2) is 0 Å². The van der Waals surface area contributed by atoms with Gasteiger partial charge in [-0.25, -0.2) is 4.98 Å². The molecule has 0 aromatic carbocycles. The number of anilines is 1. The molecule has 4 heteroatoms. The third-order valence-electron chi connectivity index (χ3n) is 3.49. The van der Waals surface area contributed by atoms with Gasteiger partial charge in [-0.05, 0) is 40.8 Å². The summed E-state index contributed by atoms with van der Waals surface area (Å²) in [6, 6.07) is 2.42. The lowest BCUT2D eigenvalue weighted by molar-refractivity contribution is 0.455. The average molecular weight is 318 g/mol. The van der Waals surface area contributed by atoms with Crippen LogP contribution in [0, 0.1) is 5.92 Å². The second kappa shape index (κ2) is 6.05. The van der Waals surface area contributed by atoms with Crippen LogP contribution in [0.3, 0.4) is 0 Å². The van der Waals surface area contributed by atoms with Crippen LogP contribution in [0.1, 0.15) is 39.0 Å². The molecular formula is C13H18BrClN2. The smallest absolute Gasteiger partial charge is 0.140 e. The van der Waals surface area contributed by atoms with Crippen molar-refractivity contribution >= 4 is 33.3 Å². The summed E-state index contributed by atoms with van der Waals surface area (Å²) in [5.41, 5.74) is 0. The first-order valence-corrected chi connectivity index (χ1v) is 7.41. The molecule has 1 N–H and O–H groups in total. The summed E-state index contributed by atoms with van der Waals surface area (Å²) >= 11 is 9.40. The largest absolute Gasteiger partial charge is 0.366 e. The zero-order valence-corrected chi connectivity index (χ0v) is 12.4. The first-order chi connectivity index (χ1) is 8.16. The van der Waals surface area contributed by atoms with E-state index in [2.05, 4.69) is 33.2 Å². The fraction of sp³-hybridized carbons (Fsp3) is 0.615. The standard InChI is InChI=1S/C13H18BrClN2/c1-9-5-3-2-4-6-12(9)17-13-11(14)7-10(15)8-16-13/h7-9,12H,2-6H2,1H3,(H,16,17). The highest BCUT2D eigenvalue weighted by Crippen LogP contribution is 2.29. The Hall–Kier alpha value is -0.280. The molecule has 0 bridgehead atoms. The lowest BCUT2D eigenvalue weighted by Gasteiger charge is -2.23. The molecule has 2 atom stereocenters. The minimum absolute atomic E-state index is 0.530. The van der Waals surface area contributed by atoms with Crippen molar-refractivity contribution in [3.63, 3.8) is 0 Å². The van der Waals surface area contributed by atoms with Crippen LogP contribution in [0.2, 0.25) is 5.02 Å². The highest BCUT2D eigenvalue weighted by atomic mass is 79.9. The van der Waals surface area contributed by atoms with E-state index in [1.54, 1.807) is 6.20 Å². The second-order valence-corrected chi connectivity index (χ2v) is 6.14. The molecule has 1 aromatic rings. The fourth-order valence-corrected chi connectivity index (χ4v) is 3.16. The van der Waals surface area contributed by atoms with E-state index in [0.29, 0.717) is 17.0 Å². The number of pyridine rings is 1. The quantitative estimate of drug-likeness (QED) is 0.786. The van der Waals surface area contributed by atoms with Crippen LogP contribution in [0.15, 0.2) is 16.7 Å². The number of nitrogens with zero attached hydrogens (tertiary/aromatic N) is 1. The van der Waals surface area contributed by atoms with E-state index in [1.807, 2.05) is 6.07 Å². The van der Waals surface area contributed by atoms with Crippen LogP contribution in [-0.2, 0) is 0 Å². The van der Waals surface area contributed by atoms with Gasteiger partial charge in [0.25, 0.3) is 0 Å². The molecule has 2 rings (SSSR count). The Morgan fingerprint density at radius 1 is 1.35 bits per heavy atom. The summed E-state index contributed by atoms with van der Waals surface area (Å²) in [6.07, 6.45) is 8.26. The number of nitrogens with one attached hydrogen (secondary N) is 1. The molecule has 1 heterocycles. The highest BCUT2D eigenvalue weighted by Gasteiger charge is 2.20. The summed E-state index contributed by atoms with van der Waals surface area (Å²) in [7, 11) is 0. The van der Waals surface area contributed by atoms with Gasteiger partial charge in [-0.2, -0.15) is 0 Å². The van der Waals surface area contributed by atoms with Crippen molar-refractivity contribution in [2.45, 2.75) is 45.1 Å². The van der Waals surface area contributed by atoms with Gasteiger partial charge in [-0.3, -0.25) is 0 Å². The molecule has 1 aliphatic carbocycles. The number of rotatable bonds is 2. The van der Waals surface area contributed by atoms with Crippen molar-refractivity contribution in [1.29, 1.82) is 0 Å². The zero-order chi connectivity index (χ0) is 12.3.